The number of hydrogen-bond acceptors (Lipinski definition) is 4. The molecule has 0 aliphatic heterocycles. The van der Waals surface area contributed by atoms with E-state index in [1.165, 1.54) is 17.7 Å². The molecule has 7 nitrogen and oxygen atoms in total. The molecule has 3 rings (SSSR count). The van der Waals surface area contributed by atoms with Crippen LogP contribution in [-0.4, -0.2) is 40.6 Å². The summed E-state index contributed by atoms with van der Waals surface area (Å²) in [6, 6.07) is 6.25. The SMILES string of the molecule is COc1cc2c(CC(=O)NC(C)CC(=O)O)c(C)n(C(=O)c3ccc(C(F)(F)F)cc3)c2cc1Cl. The minimum atomic E-state index is -4.54. The Morgan fingerprint density at radius 3 is 2.34 bits per heavy atom. The Morgan fingerprint density at radius 2 is 1.80 bits per heavy atom. The Balaban J connectivity index is 2.07. The molecule has 0 aliphatic rings. The number of methoxy groups -OCH3 is 1. The summed E-state index contributed by atoms with van der Waals surface area (Å²) in [5.74, 6) is -1.82. The van der Waals surface area contributed by atoms with Gasteiger partial charge in [0.15, 0.2) is 0 Å². The molecule has 0 saturated heterocycles. The van der Waals surface area contributed by atoms with E-state index in [4.69, 9.17) is 21.4 Å². The molecule has 0 radical (unpaired) electrons. The van der Waals surface area contributed by atoms with Gasteiger partial charge in [0.05, 0.1) is 36.1 Å². The molecule has 2 N–H and O–H groups in total. The van der Waals surface area contributed by atoms with Gasteiger partial charge in [-0.1, -0.05) is 11.6 Å². The van der Waals surface area contributed by atoms with Gasteiger partial charge in [0.2, 0.25) is 5.91 Å². The average Bonchev–Trinajstić information content (AvgIpc) is 3.01. The van der Waals surface area contributed by atoms with Crippen molar-refractivity contribution in [2.24, 2.45) is 0 Å². The number of amides is 1. The van der Waals surface area contributed by atoms with Crippen LogP contribution in [-0.2, 0) is 22.2 Å². The van der Waals surface area contributed by atoms with E-state index in [1.807, 2.05) is 0 Å². The summed E-state index contributed by atoms with van der Waals surface area (Å²) in [6.45, 7) is 3.16. The number of benzene rings is 2. The predicted octanol–water partition coefficient (Wildman–Crippen LogP) is 4.84. The van der Waals surface area contributed by atoms with Gasteiger partial charge in [-0.05, 0) is 55.8 Å². The summed E-state index contributed by atoms with van der Waals surface area (Å²) in [5.41, 5.74) is 0.324. The zero-order valence-corrected chi connectivity index (χ0v) is 19.8. The van der Waals surface area contributed by atoms with E-state index in [2.05, 4.69) is 5.32 Å². The summed E-state index contributed by atoms with van der Waals surface area (Å²) < 4.78 is 45.3. The van der Waals surface area contributed by atoms with E-state index in [1.54, 1.807) is 19.9 Å². The van der Waals surface area contributed by atoms with Crippen molar-refractivity contribution in [2.45, 2.75) is 38.9 Å². The van der Waals surface area contributed by atoms with E-state index < -0.39 is 35.6 Å². The van der Waals surface area contributed by atoms with E-state index >= 15 is 0 Å². The number of aromatic nitrogens is 1. The maximum absolute atomic E-state index is 13.3. The fourth-order valence-electron chi connectivity index (χ4n) is 3.85. The van der Waals surface area contributed by atoms with Crippen molar-refractivity contribution >= 4 is 40.3 Å². The minimum absolute atomic E-state index is 0.0102. The van der Waals surface area contributed by atoms with Crippen LogP contribution in [0.4, 0.5) is 13.2 Å². The maximum atomic E-state index is 13.3. The first kappa shape index (κ1) is 26.1. The highest BCUT2D eigenvalue weighted by Crippen LogP contribution is 2.36. The molecule has 3 aromatic rings. The highest BCUT2D eigenvalue weighted by molar-refractivity contribution is 6.33. The van der Waals surface area contributed by atoms with E-state index in [0.29, 0.717) is 27.9 Å². The monoisotopic (exact) mass is 510 g/mol. The number of fused-ring (bicyclic) bond motifs is 1. The second-order valence-electron chi connectivity index (χ2n) is 8.03. The molecule has 1 aromatic heterocycles. The van der Waals surface area contributed by atoms with Crippen LogP contribution in [0.25, 0.3) is 10.9 Å². The minimum Gasteiger partial charge on any atom is -0.495 e. The molecule has 0 bridgehead atoms. The number of carbonyl (C=O) groups excluding carboxylic acids is 2. The summed E-state index contributed by atoms with van der Waals surface area (Å²) in [6.07, 6.45) is -4.98. The van der Waals surface area contributed by atoms with Crippen molar-refractivity contribution in [1.82, 2.24) is 9.88 Å². The number of ether oxygens (including phenoxy) is 1. The lowest BCUT2D eigenvalue weighted by molar-refractivity contribution is -0.138. The van der Waals surface area contributed by atoms with Crippen molar-refractivity contribution < 1.29 is 37.4 Å². The fourth-order valence-corrected chi connectivity index (χ4v) is 4.09. The fraction of sp³-hybridized carbons (Fsp3) is 0.292. The molecular formula is C24H22ClF3N2O5. The van der Waals surface area contributed by atoms with Crippen LogP contribution < -0.4 is 10.1 Å². The largest absolute Gasteiger partial charge is 0.495 e. The predicted molar refractivity (Wildman–Crippen MR) is 123 cm³/mol. The van der Waals surface area contributed by atoms with Gasteiger partial charge in [-0.15, -0.1) is 0 Å². The zero-order valence-electron chi connectivity index (χ0n) is 19.0. The number of halogens is 4. The second kappa shape index (κ2) is 9.99. The number of alkyl halides is 3. The quantitative estimate of drug-likeness (QED) is 0.474. The molecule has 186 valence electrons. The number of nitrogens with one attached hydrogen (secondary N) is 1. The lowest BCUT2D eigenvalue weighted by Gasteiger charge is -2.12. The molecule has 0 fully saturated rings. The molecule has 0 saturated carbocycles. The molecule has 35 heavy (non-hydrogen) atoms. The van der Waals surface area contributed by atoms with Crippen molar-refractivity contribution in [2.75, 3.05) is 7.11 Å². The normalized spacial score (nSPS) is 12.4. The Hall–Kier alpha value is -3.53. The lowest BCUT2D eigenvalue weighted by Crippen LogP contribution is -2.35. The van der Waals surface area contributed by atoms with E-state index in [-0.39, 0.29) is 23.4 Å². The average molecular weight is 511 g/mol. The third-order valence-electron chi connectivity index (χ3n) is 5.50. The summed E-state index contributed by atoms with van der Waals surface area (Å²) in [5, 5.41) is 12.2. The summed E-state index contributed by atoms with van der Waals surface area (Å²) in [7, 11) is 1.41. The molecule has 0 spiro atoms. The third kappa shape index (κ3) is 5.59. The Bertz CT molecular complexity index is 1300. The highest BCUT2D eigenvalue weighted by atomic mass is 35.5. The van der Waals surface area contributed by atoms with Gasteiger partial charge in [-0.3, -0.25) is 19.0 Å². The number of carboxylic acid groups (broad SMARTS) is 1. The van der Waals surface area contributed by atoms with Gasteiger partial charge in [0, 0.05) is 22.7 Å². The topological polar surface area (TPSA) is 97.6 Å². The molecular weight excluding hydrogens is 489 g/mol. The summed E-state index contributed by atoms with van der Waals surface area (Å²) in [4.78, 5) is 36.9. The van der Waals surface area contributed by atoms with E-state index in [0.717, 1.165) is 24.3 Å². The van der Waals surface area contributed by atoms with Crippen molar-refractivity contribution in [3.05, 3.63) is 63.8 Å². The molecule has 1 amide bonds. The van der Waals surface area contributed by atoms with Gasteiger partial charge >= 0.3 is 12.1 Å². The maximum Gasteiger partial charge on any atom is 0.416 e. The first-order valence-electron chi connectivity index (χ1n) is 10.4. The first-order chi connectivity index (χ1) is 16.3. The van der Waals surface area contributed by atoms with Crippen LogP contribution in [0, 0.1) is 6.92 Å². The Kier molecular flexibility index (Phi) is 7.44. The van der Waals surface area contributed by atoms with E-state index in [9.17, 15) is 27.6 Å². The van der Waals surface area contributed by atoms with Crippen molar-refractivity contribution in [3.63, 3.8) is 0 Å². The van der Waals surface area contributed by atoms with Crippen LogP contribution in [0.5, 0.6) is 5.75 Å². The first-order valence-corrected chi connectivity index (χ1v) is 10.8. The Labute approximate surface area is 203 Å². The zero-order chi connectivity index (χ0) is 26.1. The number of nitrogens with zero attached hydrogens (tertiary/aromatic N) is 1. The van der Waals surface area contributed by atoms with Crippen LogP contribution in [0.15, 0.2) is 36.4 Å². The van der Waals surface area contributed by atoms with Crippen LogP contribution in [0.3, 0.4) is 0 Å². The molecule has 1 unspecified atom stereocenters. The molecule has 1 heterocycles. The van der Waals surface area contributed by atoms with Crippen LogP contribution >= 0.6 is 11.6 Å². The van der Waals surface area contributed by atoms with Gasteiger partial charge in [0.25, 0.3) is 5.91 Å². The Morgan fingerprint density at radius 1 is 1.17 bits per heavy atom. The van der Waals surface area contributed by atoms with Gasteiger partial charge in [-0.2, -0.15) is 13.2 Å². The standard InChI is InChI=1S/C24H22ClF3N2O5/c1-12(8-22(32)33)29-21(31)10-16-13(2)30(19-11-18(25)20(35-3)9-17(16)19)23(34)14-4-6-15(7-5-14)24(26,27)28/h4-7,9,11-12H,8,10H2,1-3H3,(H,29,31)(H,32,33). The number of carboxylic acids is 1. The smallest absolute Gasteiger partial charge is 0.416 e. The van der Waals surface area contributed by atoms with Crippen LogP contribution in [0.1, 0.15) is 40.5 Å². The molecule has 0 aliphatic carbocycles. The third-order valence-corrected chi connectivity index (χ3v) is 5.79. The van der Waals surface area contributed by atoms with Crippen molar-refractivity contribution in [3.8, 4) is 5.75 Å². The second-order valence-corrected chi connectivity index (χ2v) is 8.43. The highest BCUT2D eigenvalue weighted by Gasteiger charge is 2.30. The number of rotatable bonds is 7. The van der Waals surface area contributed by atoms with Gasteiger partial charge < -0.3 is 15.2 Å². The van der Waals surface area contributed by atoms with Gasteiger partial charge in [-0.25, -0.2) is 0 Å². The summed E-state index contributed by atoms with van der Waals surface area (Å²) >= 11 is 6.27. The number of aliphatic carboxylic acids is 1. The molecule has 1 atom stereocenters. The van der Waals surface area contributed by atoms with Gasteiger partial charge in [0.1, 0.15) is 5.75 Å². The van der Waals surface area contributed by atoms with Crippen molar-refractivity contribution in [1.29, 1.82) is 0 Å². The lowest BCUT2D eigenvalue weighted by atomic mass is 10.1. The molecule has 11 heteroatoms. The number of hydrogen-bond donors (Lipinski definition) is 2. The molecule has 2 aromatic carbocycles. The number of carbonyl (C=O) groups is 3. The van der Waals surface area contributed by atoms with Crippen LogP contribution in [0.2, 0.25) is 5.02 Å².